The largest absolute Gasteiger partial charge is 0.347 e. The Morgan fingerprint density at radius 1 is 1.35 bits per heavy atom. The minimum atomic E-state index is -3.19. The Labute approximate surface area is 101 Å². The molecular formula is C11H15NO4S. The molecule has 0 aromatic carbocycles. The Hall–Kier alpha value is -0.980. The second kappa shape index (κ2) is 5.12. The molecule has 0 atom stereocenters. The van der Waals surface area contributed by atoms with Crippen LogP contribution in [0.4, 0.5) is 0 Å². The number of aromatic nitrogens is 1. The van der Waals surface area contributed by atoms with Crippen LogP contribution in [0.5, 0.6) is 0 Å². The van der Waals surface area contributed by atoms with Crippen LogP contribution in [-0.4, -0.2) is 32.4 Å². The molecule has 94 valence electrons. The number of hydrogen-bond donors (Lipinski definition) is 0. The molecule has 0 spiro atoms. The summed E-state index contributed by atoms with van der Waals surface area (Å²) >= 11 is 0. The summed E-state index contributed by atoms with van der Waals surface area (Å²) in [5.41, 5.74) is 0.611. The van der Waals surface area contributed by atoms with Gasteiger partial charge in [0, 0.05) is 6.20 Å². The van der Waals surface area contributed by atoms with E-state index in [2.05, 4.69) is 4.98 Å². The number of rotatable bonds is 3. The van der Waals surface area contributed by atoms with Crippen molar-refractivity contribution in [2.24, 2.45) is 0 Å². The molecule has 1 saturated heterocycles. The average Bonchev–Trinajstić information content (AvgIpc) is 2.40. The van der Waals surface area contributed by atoms with Gasteiger partial charge in [-0.05, 0) is 18.6 Å². The van der Waals surface area contributed by atoms with Crippen LogP contribution < -0.4 is 0 Å². The number of pyridine rings is 1. The highest BCUT2D eigenvalue weighted by Crippen LogP contribution is 2.21. The fraction of sp³-hybridized carbons (Fsp3) is 0.545. The van der Waals surface area contributed by atoms with Gasteiger partial charge in [-0.25, -0.2) is 8.42 Å². The molecule has 5 nitrogen and oxygen atoms in total. The highest BCUT2D eigenvalue weighted by molar-refractivity contribution is 7.91. The molecule has 1 aliphatic heterocycles. The zero-order valence-corrected chi connectivity index (χ0v) is 10.4. The first kappa shape index (κ1) is 12.5. The molecule has 6 heteroatoms. The molecule has 1 aromatic heterocycles. The molecule has 0 bridgehead atoms. The molecule has 1 aromatic rings. The van der Waals surface area contributed by atoms with Crippen molar-refractivity contribution < 1.29 is 17.9 Å². The lowest BCUT2D eigenvalue weighted by atomic mass is 10.3. The third kappa shape index (κ3) is 2.83. The first-order valence-electron chi connectivity index (χ1n) is 5.55. The second-order valence-electron chi connectivity index (χ2n) is 3.75. The first-order valence-corrected chi connectivity index (χ1v) is 7.20. The van der Waals surface area contributed by atoms with E-state index in [1.54, 1.807) is 19.1 Å². The van der Waals surface area contributed by atoms with Crippen molar-refractivity contribution in [3.63, 3.8) is 0 Å². The van der Waals surface area contributed by atoms with Crippen molar-refractivity contribution in [1.29, 1.82) is 0 Å². The summed E-state index contributed by atoms with van der Waals surface area (Å²) in [5.74, 6) is 0.0739. The molecule has 17 heavy (non-hydrogen) atoms. The van der Waals surface area contributed by atoms with Crippen molar-refractivity contribution in [2.75, 3.05) is 19.0 Å². The Morgan fingerprint density at radius 2 is 2.06 bits per heavy atom. The molecule has 1 aliphatic rings. The van der Waals surface area contributed by atoms with Gasteiger partial charge in [0.05, 0.1) is 29.6 Å². The fourth-order valence-electron chi connectivity index (χ4n) is 1.54. The molecule has 2 heterocycles. The predicted molar refractivity (Wildman–Crippen MR) is 61.2 cm³/mol. The maximum Gasteiger partial charge on any atom is 0.201 e. The summed E-state index contributed by atoms with van der Waals surface area (Å²) < 4.78 is 33.9. The van der Waals surface area contributed by atoms with E-state index in [1.165, 1.54) is 6.20 Å². The maximum absolute atomic E-state index is 11.6. The van der Waals surface area contributed by atoms with E-state index < -0.39 is 16.1 Å². The lowest BCUT2D eigenvalue weighted by Gasteiger charge is -2.22. The molecule has 0 saturated carbocycles. The van der Waals surface area contributed by atoms with E-state index >= 15 is 0 Å². The molecular weight excluding hydrogens is 242 g/mol. The summed E-state index contributed by atoms with van der Waals surface area (Å²) in [6, 6.07) is 3.18. The van der Waals surface area contributed by atoms with Gasteiger partial charge < -0.3 is 9.47 Å². The Kier molecular flexibility index (Phi) is 3.76. The van der Waals surface area contributed by atoms with E-state index in [0.717, 1.165) is 6.42 Å². The Morgan fingerprint density at radius 3 is 2.59 bits per heavy atom. The van der Waals surface area contributed by atoms with Gasteiger partial charge in [-0.15, -0.1) is 0 Å². The Balaban J connectivity index is 2.18. The topological polar surface area (TPSA) is 65.5 Å². The molecule has 2 rings (SSSR count). The van der Waals surface area contributed by atoms with Crippen LogP contribution in [0.3, 0.4) is 0 Å². The number of nitrogens with zero attached hydrogens (tertiary/aromatic N) is 1. The standard InChI is InChI=1S/C11H15NO4S/c1-2-17(13,14)9-4-5-10(12-8-9)11-15-6-3-7-16-11/h4-5,8,11H,2-3,6-7H2,1H3. The van der Waals surface area contributed by atoms with E-state index in [-0.39, 0.29) is 10.6 Å². The molecule has 0 amide bonds. The van der Waals surface area contributed by atoms with Crippen LogP contribution in [0.15, 0.2) is 23.2 Å². The normalized spacial score (nSPS) is 18.2. The average molecular weight is 257 g/mol. The van der Waals surface area contributed by atoms with E-state index in [1.807, 2.05) is 0 Å². The van der Waals surface area contributed by atoms with Crippen LogP contribution in [0.25, 0.3) is 0 Å². The van der Waals surface area contributed by atoms with Crippen LogP contribution in [0, 0.1) is 0 Å². The first-order chi connectivity index (χ1) is 8.13. The van der Waals surface area contributed by atoms with Gasteiger partial charge in [0.1, 0.15) is 0 Å². The molecule has 1 fully saturated rings. The molecule has 0 unspecified atom stereocenters. The minimum absolute atomic E-state index is 0.0739. The van der Waals surface area contributed by atoms with Crippen molar-refractivity contribution in [3.8, 4) is 0 Å². The van der Waals surface area contributed by atoms with E-state index in [9.17, 15) is 8.42 Å². The number of ether oxygens (including phenoxy) is 2. The van der Waals surface area contributed by atoms with Crippen LogP contribution in [0.1, 0.15) is 25.3 Å². The zero-order chi connectivity index (χ0) is 12.3. The van der Waals surface area contributed by atoms with Gasteiger partial charge in [-0.1, -0.05) is 6.92 Å². The summed E-state index contributed by atoms with van der Waals surface area (Å²) in [6.45, 7) is 2.89. The van der Waals surface area contributed by atoms with Gasteiger partial charge in [0.15, 0.2) is 9.84 Å². The van der Waals surface area contributed by atoms with Gasteiger partial charge in [0.2, 0.25) is 6.29 Å². The SMILES string of the molecule is CCS(=O)(=O)c1ccc(C2OCCCO2)nc1. The zero-order valence-electron chi connectivity index (χ0n) is 9.63. The van der Waals surface area contributed by atoms with Gasteiger partial charge in [0.25, 0.3) is 0 Å². The lowest BCUT2D eigenvalue weighted by Crippen LogP contribution is -2.18. The van der Waals surface area contributed by atoms with Crippen LogP contribution in [-0.2, 0) is 19.3 Å². The summed E-state index contributed by atoms with van der Waals surface area (Å²) in [5, 5.41) is 0. The monoisotopic (exact) mass is 257 g/mol. The highest BCUT2D eigenvalue weighted by atomic mass is 32.2. The molecule has 0 aliphatic carbocycles. The maximum atomic E-state index is 11.6. The summed E-state index contributed by atoms with van der Waals surface area (Å²) in [6.07, 6.45) is 1.76. The van der Waals surface area contributed by atoms with E-state index in [0.29, 0.717) is 18.9 Å². The fourth-order valence-corrected chi connectivity index (χ4v) is 2.36. The van der Waals surface area contributed by atoms with Crippen LogP contribution in [0.2, 0.25) is 0 Å². The summed E-state index contributed by atoms with van der Waals surface area (Å²) in [7, 11) is -3.19. The van der Waals surface area contributed by atoms with Crippen molar-refractivity contribution >= 4 is 9.84 Å². The smallest absolute Gasteiger partial charge is 0.201 e. The van der Waals surface area contributed by atoms with E-state index in [4.69, 9.17) is 9.47 Å². The van der Waals surface area contributed by atoms with Gasteiger partial charge in [-0.3, -0.25) is 4.98 Å². The Bertz CT molecular complexity index is 463. The predicted octanol–water partition coefficient (Wildman–Crippen LogP) is 1.31. The third-order valence-corrected chi connectivity index (χ3v) is 4.29. The van der Waals surface area contributed by atoms with Gasteiger partial charge in [-0.2, -0.15) is 0 Å². The van der Waals surface area contributed by atoms with Crippen molar-refractivity contribution in [3.05, 3.63) is 24.0 Å². The summed E-state index contributed by atoms with van der Waals surface area (Å²) in [4.78, 5) is 4.32. The molecule has 0 radical (unpaired) electrons. The van der Waals surface area contributed by atoms with Crippen molar-refractivity contribution in [2.45, 2.75) is 24.5 Å². The highest BCUT2D eigenvalue weighted by Gasteiger charge is 2.19. The number of hydrogen-bond acceptors (Lipinski definition) is 5. The van der Waals surface area contributed by atoms with Crippen LogP contribution >= 0.6 is 0 Å². The lowest BCUT2D eigenvalue weighted by molar-refractivity contribution is -0.185. The molecule has 0 N–H and O–H groups in total. The van der Waals surface area contributed by atoms with Gasteiger partial charge >= 0.3 is 0 Å². The minimum Gasteiger partial charge on any atom is -0.347 e. The quantitative estimate of drug-likeness (QED) is 0.816. The van der Waals surface area contributed by atoms with Crippen molar-refractivity contribution in [1.82, 2.24) is 4.98 Å². The second-order valence-corrected chi connectivity index (χ2v) is 6.03. The third-order valence-electron chi connectivity index (χ3n) is 2.57. The number of sulfone groups is 1.